The molecule has 1 heterocycles. The number of halogens is 1. The van der Waals surface area contributed by atoms with Crippen molar-refractivity contribution in [3.8, 4) is 22.8 Å². The summed E-state index contributed by atoms with van der Waals surface area (Å²) >= 11 is 7.53. The minimum Gasteiger partial charge on any atom is -0.493 e. The van der Waals surface area contributed by atoms with Crippen LogP contribution in [0.15, 0.2) is 18.2 Å². The Morgan fingerprint density at radius 2 is 1.95 bits per heavy atom. The molecule has 3 nitrogen and oxygen atoms in total. The van der Waals surface area contributed by atoms with Crippen LogP contribution in [0, 0.1) is 6.92 Å². The van der Waals surface area contributed by atoms with Gasteiger partial charge in [0.05, 0.1) is 24.9 Å². The summed E-state index contributed by atoms with van der Waals surface area (Å²) in [4.78, 5) is 5.80. The van der Waals surface area contributed by atoms with Gasteiger partial charge in [-0.3, -0.25) is 0 Å². The summed E-state index contributed by atoms with van der Waals surface area (Å²) in [5.41, 5.74) is 2.02. The molecule has 0 amide bonds. The summed E-state index contributed by atoms with van der Waals surface area (Å²) in [5, 5.41) is 1.05. The Labute approximate surface area is 122 Å². The predicted molar refractivity (Wildman–Crippen MR) is 79.8 cm³/mol. The molecule has 0 bridgehead atoms. The fourth-order valence-corrected chi connectivity index (χ4v) is 3.19. The molecule has 5 heteroatoms. The third-order valence-electron chi connectivity index (χ3n) is 2.78. The summed E-state index contributed by atoms with van der Waals surface area (Å²) in [6, 6.07) is 5.84. The monoisotopic (exact) mass is 297 g/mol. The first-order valence-electron chi connectivity index (χ1n) is 5.94. The summed E-state index contributed by atoms with van der Waals surface area (Å²) in [5.74, 6) is 2.03. The van der Waals surface area contributed by atoms with Crippen molar-refractivity contribution in [1.82, 2.24) is 4.98 Å². The zero-order valence-electron chi connectivity index (χ0n) is 11.2. The Kier molecular flexibility index (Phi) is 4.66. The minimum absolute atomic E-state index is 0.599. The average molecular weight is 298 g/mol. The number of aryl methyl sites for hydroxylation is 2. The minimum atomic E-state index is 0.599. The van der Waals surface area contributed by atoms with Gasteiger partial charge in [-0.1, -0.05) is 0 Å². The van der Waals surface area contributed by atoms with E-state index >= 15 is 0 Å². The Morgan fingerprint density at radius 1 is 1.21 bits per heavy atom. The van der Waals surface area contributed by atoms with Crippen LogP contribution in [0.4, 0.5) is 0 Å². The number of benzene rings is 1. The molecule has 0 unspecified atom stereocenters. The SMILES string of the molecule is COc1ccc(-c2nc(C)sc2CCCl)cc1OC. The van der Waals surface area contributed by atoms with Crippen LogP contribution < -0.4 is 9.47 Å². The van der Waals surface area contributed by atoms with Gasteiger partial charge in [0.2, 0.25) is 0 Å². The normalized spacial score (nSPS) is 10.5. The fourth-order valence-electron chi connectivity index (χ4n) is 1.93. The standard InChI is InChI=1S/C14H16ClNO2S/c1-9-16-14(13(19-9)6-7-15)10-4-5-11(17-2)12(8-10)18-3/h4-5,8H,6-7H2,1-3H3. The van der Waals surface area contributed by atoms with E-state index < -0.39 is 0 Å². The van der Waals surface area contributed by atoms with Gasteiger partial charge in [-0.25, -0.2) is 4.98 Å². The van der Waals surface area contributed by atoms with Gasteiger partial charge in [0.1, 0.15) is 0 Å². The molecule has 1 aromatic carbocycles. The lowest BCUT2D eigenvalue weighted by Crippen LogP contribution is -1.92. The van der Waals surface area contributed by atoms with Gasteiger partial charge in [-0.2, -0.15) is 0 Å². The lowest BCUT2D eigenvalue weighted by atomic mass is 10.1. The molecule has 0 atom stereocenters. The van der Waals surface area contributed by atoms with Crippen molar-refractivity contribution in [3.63, 3.8) is 0 Å². The van der Waals surface area contributed by atoms with Gasteiger partial charge >= 0.3 is 0 Å². The molecule has 0 saturated carbocycles. The van der Waals surface area contributed by atoms with Crippen molar-refractivity contribution >= 4 is 22.9 Å². The summed E-state index contributed by atoms with van der Waals surface area (Å²) in [7, 11) is 3.26. The van der Waals surface area contributed by atoms with Gasteiger partial charge in [-0.05, 0) is 31.5 Å². The van der Waals surface area contributed by atoms with E-state index in [-0.39, 0.29) is 0 Å². The first-order chi connectivity index (χ1) is 9.19. The van der Waals surface area contributed by atoms with Crippen molar-refractivity contribution in [2.75, 3.05) is 20.1 Å². The fraction of sp³-hybridized carbons (Fsp3) is 0.357. The molecule has 0 radical (unpaired) electrons. The van der Waals surface area contributed by atoms with Crippen molar-refractivity contribution in [2.24, 2.45) is 0 Å². The molecule has 102 valence electrons. The maximum atomic E-state index is 5.85. The Hall–Kier alpha value is -1.26. The quantitative estimate of drug-likeness (QED) is 0.784. The van der Waals surface area contributed by atoms with E-state index in [1.54, 1.807) is 25.6 Å². The number of thiazole rings is 1. The van der Waals surface area contributed by atoms with Crippen molar-refractivity contribution in [2.45, 2.75) is 13.3 Å². The number of aromatic nitrogens is 1. The van der Waals surface area contributed by atoms with Crippen LogP contribution in [0.3, 0.4) is 0 Å². The van der Waals surface area contributed by atoms with E-state index in [0.29, 0.717) is 11.6 Å². The zero-order valence-corrected chi connectivity index (χ0v) is 12.8. The maximum Gasteiger partial charge on any atom is 0.161 e. The molecule has 0 aliphatic carbocycles. The molecular weight excluding hydrogens is 282 g/mol. The highest BCUT2D eigenvalue weighted by Gasteiger charge is 2.13. The topological polar surface area (TPSA) is 31.4 Å². The second-order valence-corrected chi connectivity index (χ2v) is 5.68. The van der Waals surface area contributed by atoms with E-state index in [4.69, 9.17) is 21.1 Å². The number of methoxy groups -OCH3 is 2. The molecule has 0 N–H and O–H groups in total. The molecule has 19 heavy (non-hydrogen) atoms. The van der Waals surface area contributed by atoms with Gasteiger partial charge in [0.25, 0.3) is 0 Å². The second kappa shape index (κ2) is 6.26. The van der Waals surface area contributed by atoms with Crippen LogP contribution >= 0.6 is 22.9 Å². The molecular formula is C14H16ClNO2S. The maximum absolute atomic E-state index is 5.85. The van der Waals surface area contributed by atoms with Gasteiger partial charge in [0, 0.05) is 16.3 Å². The van der Waals surface area contributed by atoms with Crippen LogP contribution in [0.2, 0.25) is 0 Å². The number of ether oxygens (including phenoxy) is 2. The highest BCUT2D eigenvalue weighted by molar-refractivity contribution is 7.12. The second-order valence-electron chi connectivity index (χ2n) is 4.01. The molecule has 0 aliphatic rings. The Balaban J connectivity index is 2.46. The van der Waals surface area contributed by atoms with Crippen LogP contribution in [0.5, 0.6) is 11.5 Å². The van der Waals surface area contributed by atoms with E-state index in [1.165, 1.54) is 4.88 Å². The van der Waals surface area contributed by atoms with Crippen LogP contribution in [-0.4, -0.2) is 25.1 Å². The number of hydrogen-bond donors (Lipinski definition) is 0. The van der Waals surface area contributed by atoms with E-state index in [1.807, 2.05) is 25.1 Å². The third kappa shape index (κ3) is 3.01. The van der Waals surface area contributed by atoms with Gasteiger partial charge in [-0.15, -0.1) is 22.9 Å². The Bertz CT molecular complexity index is 569. The third-order valence-corrected chi connectivity index (χ3v) is 4.00. The van der Waals surface area contributed by atoms with Crippen LogP contribution in [-0.2, 0) is 6.42 Å². The van der Waals surface area contributed by atoms with Crippen LogP contribution in [0.1, 0.15) is 9.88 Å². The largest absolute Gasteiger partial charge is 0.493 e. The summed E-state index contributed by atoms with van der Waals surface area (Å²) < 4.78 is 10.6. The molecule has 1 aromatic heterocycles. The number of rotatable bonds is 5. The highest BCUT2D eigenvalue weighted by Crippen LogP contribution is 2.35. The van der Waals surface area contributed by atoms with E-state index in [0.717, 1.165) is 28.4 Å². The molecule has 0 aliphatic heterocycles. The van der Waals surface area contributed by atoms with E-state index in [9.17, 15) is 0 Å². The highest BCUT2D eigenvalue weighted by atomic mass is 35.5. The smallest absolute Gasteiger partial charge is 0.161 e. The van der Waals surface area contributed by atoms with Gasteiger partial charge < -0.3 is 9.47 Å². The molecule has 2 aromatic rings. The van der Waals surface area contributed by atoms with Crippen LogP contribution in [0.25, 0.3) is 11.3 Å². The van der Waals surface area contributed by atoms with E-state index in [2.05, 4.69) is 4.98 Å². The number of hydrogen-bond acceptors (Lipinski definition) is 4. The van der Waals surface area contributed by atoms with Crippen molar-refractivity contribution in [3.05, 3.63) is 28.1 Å². The Morgan fingerprint density at radius 3 is 2.58 bits per heavy atom. The molecule has 0 saturated heterocycles. The molecule has 0 fully saturated rings. The lowest BCUT2D eigenvalue weighted by Gasteiger charge is -2.09. The van der Waals surface area contributed by atoms with Crippen molar-refractivity contribution < 1.29 is 9.47 Å². The predicted octanol–water partition coefficient (Wildman–Crippen LogP) is 3.92. The molecule has 0 spiro atoms. The van der Waals surface area contributed by atoms with Crippen molar-refractivity contribution in [1.29, 1.82) is 0 Å². The van der Waals surface area contributed by atoms with Gasteiger partial charge in [0.15, 0.2) is 11.5 Å². The first-order valence-corrected chi connectivity index (χ1v) is 7.29. The molecule has 2 rings (SSSR count). The lowest BCUT2D eigenvalue weighted by molar-refractivity contribution is 0.355. The first kappa shape index (κ1) is 14.2. The number of nitrogens with zero attached hydrogens (tertiary/aromatic N) is 1. The zero-order chi connectivity index (χ0) is 13.8. The average Bonchev–Trinajstić information content (AvgIpc) is 2.79. The summed E-state index contributed by atoms with van der Waals surface area (Å²) in [6.07, 6.45) is 0.830. The summed E-state index contributed by atoms with van der Waals surface area (Å²) in [6.45, 7) is 2.01. The number of alkyl halides is 1.